The molecular weight excluding hydrogens is 441 g/mol. The largest absolute Gasteiger partial charge is 0.423 e. The standard InChI is InChI=1S/C21H23F3N6O3/c22-21(23,24)17-15-16(4-5-18(17)30(32)33)26-7-11-28(12-8-26)20(31)29-13-9-27(10-14-29)19-3-1-2-6-25-19/h1-6,15H,7-14H2. The maximum Gasteiger partial charge on any atom is 0.423 e. The molecule has 0 aliphatic carbocycles. The number of halogens is 3. The number of carbonyl (C=O) groups is 1. The van der Waals surface area contributed by atoms with Gasteiger partial charge in [-0.25, -0.2) is 9.78 Å². The number of hydrogen-bond acceptors (Lipinski definition) is 6. The van der Waals surface area contributed by atoms with Crippen LogP contribution in [0.4, 0.5) is 35.2 Å². The highest BCUT2D eigenvalue weighted by atomic mass is 19.4. The van der Waals surface area contributed by atoms with Gasteiger partial charge in [0.15, 0.2) is 0 Å². The predicted octanol–water partition coefficient (Wildman–Crippen LogP) is 3.07. The van der Waals surface area contributed by atoms with Crippen LogP contribution >= 0.6 is 0 Å². The van der Waals surface area contributed by atoms with E-state index in [4.69, 9.17) is 0 Å². The van der Waals surface area contributed by atoms with Crippen molar-refractivity contribution in [3.8, 4) is 0 Å². The molecule has 12 heteroatoms. The van der Waals surface area contributed by atoms with Crippen molar-refractivity contribution in [1.29, 1.82) is 0 Å². The molecule has 2 aliphatic rings. The molecule has 33 heavy (non-hydrogen) atoms. The highest BCUT2D eigenvalue weighted by molar-refractivity contribution is 5.75. The summed E-state index contributed by atoms with van der Waals surface area (Å²) in [5.74, 6) is 0.875. The van der Waals surface area contributed by atoms with Gasteiger partial charge in [-0.05, 0) is 24.3 Å². The van der Waals surface area contributed by atoms with E-state index < -0.39 is 22.4 Å². The zero-order valence-electron chi connectivity index (χ0n) is 17.7. The van der Waals surface area contributed by atoms with Crippen molar-refractivity contribution in [1.82, 2.24) is 14.8 Å². The van der Waals surface area contributed by atoms with Crippen LogP contribution in [0.2, 0.25) is 0 Å². The molecule has 2 saturated heterocycles. The molecule has 2 aliphatic heterocycles. The molecule has 1 aromatic heterocycles. The second-order valence-electron chi connectivity index (χ2n) is 7.88. The van der Waals surface area contributed by atoms with Crippen molar-refractivity contribution in [2.45, 2.75) is 6.18 Å². The Morgan fingerprint density at radius 3 is 2.03 bits per heavy atom. The Balaban J connectivity index is 1.34. The number of hydrogen-bond donors (Lipinski definition) is 0. The number of nitrogens with zero attached hydrogens (tertiary/aromatic N) is 6. The lowest BCUT2D eigenvalue weighted by Gasteiger charge is -2.41. The van der Waals surface area contributed by atoms with Crippen LogP contribution in [0.25, 0.3) is 0 Å². The number of anilines is 2. The van der Waals surface area contributed by atoms with Crippen LogP contribution in [-0.2, 0) is 6.18 Å². The normalized spacial score (nSPS) is 17.3. The van der Waals surface area contributed by atoms with Gasteiger partial charge in [-0.1, -0.05) is 6.07 Å². The molecule has 3 heterocycles. The Hall–Kier alpha value is -3.57. The number of benzene rings is 1. The average Bonchev–Trinajstić information content (AvgIpc) is 2.83. The number of carbonyl (C=O) groups excluding carboxylic acids is 1. The summed E-state index contributed by atoms with van der Waals surface area (Å²) in [6.45, 7) is 3.87. The number of nitro benzene ring substituents is 1. The molecule has 9 nitrogen and oxygen atoms in total. The van der Waals surface area contributed by atoms with Gasteiger partial charge >= 0.3 is 12.2 Å². The van der Waals surface area contributed by atoms with E-state index in [1.807, 2.05) is 18.2 Å². The van der Waals surface area contributed by atoms with E-state index in [2.05, 4.69) is 9.88 Å². The quantitative estimate of drug-likeness (QED) is 0.513. The van der Waals surface area contributed by atoms with E-state index in [-0.39, 0.29) is 11.7 Å². The van der Waals surface area contributed by atoms with Crippen LogP contribution in [-0.4, -0.2) is 78.1 Å². The van der Waals surface area contributed by atoms with Gasteiger partial charge in [0.1, 0.15) is 11.4 Å². The number of alkyl halides is 3. The number of pyridine rings is 1. The van der Waals surface area contributed by atoms with Crippen LogP contribution in [0.15, 0.2) is 42.6 Å². The van der Waals surface area contributed by atoms with Crippen molar-refractivity contribution in [2.75, 3.05) is 62.2 Å². The molecule has 0 N–H and O–H groups in total. The Kier molecular flexibility index (Phi) is 6.25. The lowest BCUT2D eigenvalue weighted by Crippen LogP contribution is -2.57. The van der Waals surface area contributed by atoms with Gasteiger partial charge in [0.2, 0.25) is 0 Å². The highest BCUT2D eigenvalue weighted by Crippen LogP contribution is 2.38. The summed E-state index contributed by atoms with van der Waals surface area (Å²) in [5.41, 5.74) is -1.98. The summed E-state index contributed by atoms with van der Waals surface area (Å²) in [4.78, 5) is 34.5. The molecule has 176 valence electrons. The van der Waals surface area contributed by atoms with Crippen LogP contribution in [0.1, 0.15) is 5.56 Å². The summed E-state index contributed by atoms with van der Waals surface area (Å²) in [7, 11) is 0. The number of piperazine rings is 2. The summed E-state index contributed by atoms with van der Waals surface area (Å²) < 4.78 is 39.8. The fraction of sp³-hybridized carbons (Fsp3) is 0.429. The molecule has 0 atom stereocenters. The van der Waals surface area contributed by atoms with Crippen LogP contribution in [0.5, 0.6) is 0 Å². The molecular formula is C21H23F3N6O3. The monoisotopic (exact) mass is 464 g/mol. The predicted molar refractivity (Wildman–Crippen MR) is 115 cm³/mol. The minimum absolute atomic E-state index is 0.0880. The topological polar surface area (TPSA) is 86.1 Å². The molecule has 2 fully saturated rings. The molecule has 0 saturated carbocycles. The Morgan fingerprint density at radius 2 is 1.52 bits per heavy atom. The molecule has 2 amide bonds. The molecule has 0 bridgehead atoms. The average molecular weight is 464 g/mol. The first-order valence-electron chi connectivity index (χ1n) is 10.5. The zero-order chi connectivity index (χ0) is 23.6. The maximum atomic E-state index is 13.3. The number of amides is 2. The SMILES string of the molecule is O=C(N1CCN(c2ccc([N+](=O)[O-])c(C(F)(F)F)c2)CC1)N1CCN(c2ccccn2)CC1. The first-order valence-corrected chi connectivity index (χ1v) is 10.5. The van der Waals surface area contributed by atoms with Crippen LogP contribution in [0, 0.1) is 10.1 Å². The van der Waals surface area contributed by atoms with E-state index in [1.54, 1.807) is 20.9 Å². The number of nitro groups is 1. The first-order chi connectivity index (χ1) is 15.7. The van der Waals surface area contributed by atoms with Crippen molar-refractivity contribution < 1.29 is 22.9 Å². The number of aromatic nitrogens is 1. The first kappa shape index (κ1) is 22.6. The minimum Gasteiger partial charge on any atom is -0.368 e. The van der Waals surface area contributed by atoms with E-state index in [0.29, 0.717) is 52.4 Å². The molecule has 2 aromatic rings. The minimum atomic E-state index is -4.83. The van der Waals surface area contributed by atoms with Crippen LogP contribution in [0.3, 0.4) is 0 Å². The van der Waals surface area contributed by atoms with Gasteiger partial charge in [-0.3, -0.25) is 10.1 Å². The summed E-state index contributed by atoms with van der Waals surface area (Å²) in [6.07, 6.45) is -3.09. The molecule has 4 rings (SSSR count). The smallest absolute Gasteiger partial charge is 0.368 e. The Labute approximate surface area is 188 Å². The Bertz CT molecular complexity index is 1000. The van der Waals surface area contributed by atoms with Gasteiger partial charge in [0.05, 0.1) is 4.92 Å². The molecule has 0 spiro atoms. The van der Waals surface area contributed by atoms with E-state index >= 15 is 0 Å². The third-order valence-electron chi connectivity index (χ3n) is 5.92. The Morgan fingerprint density at radius 1 is 0.909 bits per heavy atom. The zero-order valence-corrected chi connectivity index (χ0v) is 17.7. The van der Waals surface area contributed by atoms with E-state index in [1.165, 1.54) is 6.07 Å². The van der Waals surface area contributed by atoms with Gasteiger partial charge in [0, 0.05) is 70.3 Å². The summed E-state index contributed by atoms with van der Waals surface area (Å²) in [5, 5.41) is 11.0. The van der Waals surface area contributed by atoms with Crippen molar-refractivity contribution >= 4 is 23.2 Å². The highest BCUT2D eigenvalue weighted by Gasteiger charge is 2.39. The van der Waals surface area contributed by atoms with Crippen molar-refractivity contribution in [2.24, 2.45) is 0 Å². The summed E-state index contributed by atoms with van der Waals surface area (Å²) in [6, 6.07) is 8.63. The fourth-order valence-electron chi connectivity index (χ4n) is 4.13. The van der Waals surface area contributed by atoms with Gasteiger partial charge < -0.3 is 19.6 Å². The third kappa shape index (κ3) is 4.94. The van der Waals surface area contributed by atoms with Crippen molar-refractivity contribution in [3.05, 3.63) is 58.3 Å². The maximum absolute atomic E-state index is 13.3. The van der Waals surface area contributed by atoms with E-state index in [0.717, 1.165) is 18.0 Å². The third-order valence-corrected chi connectivity index (χ3v) is 5.92. The number of urea groups is 1. The van der Waals surface area contributed by atoms with E-state index in [9.17, 15) is 28.1 Å². The lowest BCUT2D eigenvalue weighted by atomic mass is 10.1. The fourth-order valence-corrected chi connectivity index (χ4v) is 4.13. The number of rotatable bonds is 3. The molecule has 0 radical (unpaired) electrons. The second kappa shape index (κ2) is 9.12. The van der Waals surface area contributed by atoms with Gasteiger partial charge in [-0.2, -0.15) is 13.2 Å². The van der Waals surface area contributed by atoms with Crippen molar-refractivity contribution in [3.63, 3.8) is 0 Å². The molecule has 1 aromatic carbocycles. The summed E-state index contributed by atoms with van der Waals surface area (Å²) >= 11 is 0. The van der Waals surface area contributed by atoms with Gasteiger partial charge in [-0.15, -0.1) is 0 Å². The van der Waals surface area contributed by atoms with Gasteiger partial charge in [0.25, 0.3) is 5.69 Å². The lowest BCUT2D eigenvalue weighted by molar-refractivity contribution is -0.388. The van der Waals surface area contributed by atoms with Crippen LogP contribution < -0.4 is 9.80 Å². The molecule has 0 unspecified atom stereocenters. The second-order valence-corrected chi connectivity index (χ2v) is 7.88.